The van der Waals surface area contributed by atoms with Gasteiger partial charge in [-0.2, -0.15) is 13.2 Å². The standard InChI is InChI=1S/C41H44F3N5O9S/c1-56-25-15-13-23(14-16-25)30-20-33(35-34(45-30)28-10-7-8-12-32(28)58-35)57-26-19-31-36(50)47-40(38(52)48-59(54,55)27-17-18-27)21-24(40)9-5-3-2-4-6-11-29(37(51)49(31)22-26)46-39(53)41(42,43)44/h5,7-10,12-16,20,24,26-29,31-32H,2-4,6,11,17-19,21-22H2,1H3,(H,46,53)(H,47,50)(H,48,52)/b9-5-/t24-,26-,28?,29+,31+,32?,40-/m1/s1. The third-order valence-corrected chi connectivity index (χ3v) is 13.5. The Morgan fingerprint density at radius 1 is 1.03 bits per heavy atom. The first-order valence-corrected chi connectivity index (χ1v) is 21.3. The molecule has 0 bridgehead atoms. The van der Waals surface area contributed by atoms with Crippen molar-refractivity contribution in [3.8, 4) is 28.5 Å². The second-order valence-corrected chi connectivity index (χ2v) is 17.8. The van der Waals surface area contributed by atoms with Crippen molar-refractivity contribution >= 4 is 33.7 Å². The van der Waals surface area contributed by atoms with Crippen LogP contribution in [0.1, 0.15) is 69.4 Å². The zero-order chi connectivity index (χ0) is 41.7. The molecule has 3 fully saturated rings. The molecule has 1 saturated heterocycles. The first kappa shape index (κ1) is 40.4. The fraction of sp³-hybridized carbons (Fsp3) is 0.488. The monoisotopic (exact) mass is 839 g/mol. The Morgan fingerprint density at radius 2 is 1.80 bits per heavy atom. The highest BCUT2D eigenvalue weighted by atomic mass is 32.2. The number of nitrogens with one attached hydrogen (secondary N) is 3. The van der Waals surface area contributed by atoms with Crippen molar-refractivity contribution in [1.82, 2.24) is 25.2 Å². The maximum absolute atomic E-state index is 14.4. The second-order valence-electron chi connectivity index (χ2n) is 15.8. The molecule has 3 aliphatic heterocycles. The van der Waals surface area contributed by atoms with Gasteiger partial charge in [-0.05, 0) is 68.9 Å². The molecule has 3 aliphatic carbocycles. The summed E-state index contributed by atoms with van der Waals surface area (Å²) in [7, 11) is -2.44. The molecule has 3 N–H and O–H groups in total. The molecule has 8 rings (SSSR count). The Bertz CT molecular complexity index is 2230. The van der Waals surface area contributed by atoms with Gasteiger partial charge in [0, 0.05) is 24.0 Å². The largest absolute Gasteiger partial charge is 0.497 e. The van der Waals surface area contributed by atoms with Gasteiger partial charge in [-0.25, -0.2) is 13.4 Å². The number of ether oxygens (including phenoxy) is 3. The van der Waals surface area contributed by atoms with Crippen molar-refractivity contribution in [2.45, 2.75) is 105 Å². The number of methoxy groups -OCH3 is 1. The fourth-order valence-electron chi connectivity index (χ4n) is 8.22. The summed E-state index contributed by atoms with van der Waals surface area (Å²) in [5, 5.41) is 3.89. The molecule has 7 atom stereocenters. The van der Waals surface area contributed by atoms with E-state index in [1.165, 1.54) is 0 Å². The summed E-state index contributed by atoms with van der Waals surface area (Å²) in [4.78, 5) is 60.8. The minimum absolute atomic E-state index is 0.0893. The lowest BCUT2D eigenvalue weighted by Gasteiger charge is -2.30. The van der Waals surface area contributed by atoms with Crippen LogP contribution in [0.5, 0.6) is 17.2 Å². The zero-order valence-corrected chi connectivity index (χ0v) is 32.9. The van der Waals surface area contributed by atoms with Crippen molar-refractivity contribution in [3.05, 3.63) is 72.5 Å². The number of alkyl halides is 3. The quantitative estimate of drug-likeness (QED) is 0.327. The molecule has 2 aromatic rings. The number of fused-ring (bicyclic) bond motifs is 5. The number of nitrogens with zero attached hydrogens (tertiary/aromatic N) is 2. The van der Waals surface area contributed by atoms with Crippen LogP contribution < -0.4 is 29.6 Å². The normalized spacial score (nSPS) is 29.6. The minimum atomic E-state index is -5.28. The van der Waals surface area contributed by atoms with Crippen LogP contribution in [0.15, 0.2) is 66.8 Å². The molecule has 59 heavy (non-hydrogen) atoms. The number of allylic oxidation sites excluding steroid dienone is 3. The van der Waals surface area contributed by atoms with Crippen LogP contribution in [0.4, 0.5) is 13.2 Å². The van der Waals surface area contributed by atoms with Gasteiger partial charge < -0.3 is 29.7 Å². The van der Waals surface area contributed by atoms with Crippen LogP contribution >= 0.6 is 0 Å². The molecular formula is C41H44F3N5O9S. The first-order valence-electron chi connectivity index (χ1n) is 19.8. The average Bonchev–Trinajstić information content (AvgIpc) is 4.11. The fourth-order valence-corrected chi connectivity index (χ4v) is 9.58. The number of hydrogen-bond donors (Lipinski definition) is 3. The molecule has 4 heterocycles. The number of sulfonamides is 1. The maximum Gasteiger partial charge on any atom is 0.471 e. The summed E-state index contributed by atoms with van der Waals surface area (Å²) < 4.78 is 86.8. The van der Waals surface area contributed by atoms with Crippen molar-refractivity contribution in [2.24, 2.45) is 5.92 Å². The van der Waals surface area contributed by atoms with Crippen LogP contribution in [-0.2, 0) is 29.2 Å². The Morgan fingerprint density at radius 3 is 2.53 bits per heavy atom. The summed E-state index contributed by atoms with van der Waals surface area (Å²) in [6.07, 6.45) is 7.08. The molecule has 314 valence electrons. The van der Waals surface area contributed by atoms with E-state index in [2.05, 4.69) is 10.0 Å². The van der Waals surface area contributed by atoms with Gasteiger partial charge in [0.25, 0.3) is 5.91 Å². The van der Waals surface area contributed by atoms with Gasteiger partial charge in [-0.15, -0.1) is 0 Å². The number of benzene rings is 1. The average molecular weight is 840 g/mol. The van der Waals surface area contributed by atoms with Crippen LogP contribution in [0.25, 0.3) is 11.3 Å². The van der Waals surface area contributed by atoms with E-state index in [4.69, 9.17) is 19.2 Å². The Balaban J connectivity index is 1.13. The van der Waals surface area contributed by atoms with Crippen molar-refractivity contribution in [1.29, 1.82) is 0 Å². The summed E-state index contributed by atoms with van der Waals surface area (Å²) in [6, 6.07) is 5.87. The maximum atomic E-state index is 14.4. The molecular weight excluding hydrogens is 796 g/mol. The molecule has 4 amide bonds. The molecule has 2 unspecified atom stereocenters. The zero-order valence-electron chi connectivity index (χ0n) is 32.1. The third kappa shape index (κ3) is 8.28. The number of pyridine rings is 1. The molecule has 14 nitrogen and oxygen atoms in total. The predicted octanol–water partition coefficient (Wildman–Crippen LogP) is 4.13. The summed E-state index contributed by atoms with van der Waals surface area (Å²) in [6.45, 7) is -0.282. The molecule has 18 heteroatoms. The van der Waals surface area contributed by atoms with Gasteiger partial charge in [0.2, 0.25) is 21.8 Å². The van der Waals surface area contributed by atoms with Gasteiger partial charge >= 0.3 is 12.1 Å². The second kappa shape index (κ2) is 15.7. The smallest absolute Gasteiger partial charge is 0.471 e. The van der Waals surface area contributed by atoms with Crippen LogP contribution in [-0.4, -0.2) is 96.8 Å². The van der Waals surface area contributed by atoms with E-state index in [1.54, 1.807) is 31.4 Å². The highest BCUT2D eigenvalue weighted by Gasteiger charge is 2.62. The van der Waals surface area contributed by atoms with Crippen LogP contribution in [0.3, 0.4) is 0 Å². The molecule has 6 aliphatic rings. The van der Waals surface area contributed by atoms with Gasteiger partial charge in [0.15, 0.2) is 11.5 Å². The van der Waals surface area contributed by atoms with Crippen molar-refractivity contribution < 1.29 is 55.0 Å². The number of rotatable bonds is 8. The topological polar surface area (TPSA) is 182 Å². The van der Waals surface area contributed by atoms with Gasteiger partial charge in [-0.3, -0.25) is 23.9 Å². The summed E-state index contributed by atoms with van der Waals surface area (Å²) >= 11 is 0. The van der Waals surface area contributed by atoms with Gasteiger partial charge in [0.05, 0.1) is 36.2 Å². The van der Waals surface area contributed by atoms with Gasteiger partial charge in [0.1, 0.15) is 35.6 Å². The minimum Gasteiger partial charge on any atom is -0.497 e. The van der Waals surface area contributed by atoms with E-state index < -0.39 is 74.7 Å². The summed E-state index contributed by atoms with van der Waals surface area (Å²) in [5.74, 6) is -4.51. The number of hydrogen-bond acceptors (Lipinski definition) is 10. The first-order chi connectivity index (χ1) is 28.2. The van der Waals surface area contributed by atoms with Crippen molar-refractivity contribution in [3.63, 3.8) is 0 Å². The van der Waals surface area contributed by atoms with Crippen molar-refractivity contribution in [2.75, 3.05) is 13.7 Å². The van der Waals surface area contributed by atoms with E-state index >= 15 is 0 Å². The highest BCUT2D eigenvalue weighted by Crippen LogP contribution is 2.49. The lowest BCUT2D eigenvalue weighted by molar-refractivity contribution is -0.175. The van der Waals surface area contributed by atoms with E-state index in [-0.39, 0.29) is 43.6 Å². The third-order valence-electron chi connectivity index (χ3n) is 11.7. The SMILES string of the molecule is COc1ccc(-c2cc(O[C@@H]3C[C@H]4C(=O)N[C@]5(C(=O)NS(=O)(=O)C6CC6)C[C@H]5/C=C\CCCCC[C@H](NC(=O)C(F)(F)F)C(=O)N4C3)c3c(n2)C2C=CC=CC2O3)cc1. The predicted molar refractivity (Wildman–Crippen MR) is 205 cm³/mol. The number of carbonyl (C=O) groups is 4. The van der Waals surface area contributed by atoms with E-state index in [1.807, 2.05) is 47.8 Å². The van der Waals surface area contributed by atoms with E-state index in [9.17, 15) is 40.8 Å². The molecule has 0 radical (unpaired) electrons. The lowest BCUT2D eigenvalue weighted by atomic mass is 9.95. The van der Waals surface area contributed by atoms with Crippen LogP contribution in [0, 0.1) is 5.92 Å². The number of aromatic nitrogens is 1. The Kier molecular flexibility index (Phi) is 10.7. The molecule has 0 spiro atoms. The van der Waals surface area contributed by atoms with Crippen LogP contribution in [0.2, 0.25) is 0 Å². The molecule has 2 saturated carbocycles. The Hall–Kier alpha value is -5.39. The van der Waals surface area contributed by atoms with Gasteiger partial charge in [-0.1, -0.05) is 43.2 Å². The highest BCUT2D eigenvalue weighted by molar-refractivity contribution is 7.91. The summed E-state index contributed by atoms with van der Waals surface area (Å²) in [5.41, 5.74) is 0.205. The number of carbonyl (C=O) groups excluding carboxylic acids is 4. The molecule has 1 aromatic heterocycles. The number of halogens is 3. The lowest BCUT2D eigenvalue weighted by Crippen LogP contribution is -2.58. The number of amides is 4. The van der Waals surface area contributed by atoms with E-state index in [0.717, 1.165) is 10.5 Å². The Labute approximate surface area is 338 Å². The van der Waals surface area contributed by atoms with E-state index in [0.29, 0.717) is 61.4 Å². The molecule has 1 aromatic carbocycles.